The minimum Gasteiger partial charge on any atom is -0.481 e. The molecule has 0 amide bonds. The van der Waals surface area contributed by atoms with Crippen LogP contribution in [0.25, 0.3) is 0 Å². The van der Waals surface area contributed by atoms with Crippen molar-refractivity contribution in [3.63, 3.8) is 0 Å². The summed E-state index contributed by atoms with van der Waals surface area (Å²) in [6.07, 6.45) is -3.21. The number of aliphatic hydroxyl groups is 2. The van der Waals surface area contributed by atoms with Crippen LogP contribution in [0.4, 0.5) is 4.39 Å². The van der Waals surface area contributed by atoms with Crippen molar-refractivity contribution in [3.05, 3.63) is 29.3 Å². The number of nitrogens with zero attached hydrogens (tertiary/aromatic N) is 1. The molecule has 2 atom stereocenters. The fraction of sp³-hybridized carbons (Fsp3) is 0.300. The van der Waals surface area contributed by atoms with Gasteiger partial charge in [0.25, 0.3) is 0 Å². The van der Waals surface area contributed by atoms with Gasteiger partial charge in [-0.05, 0) is 6.07 Å². The SMILES string of the molecule is O=C(O)CC(O)C(O)c1cnc(F)c(C(=O)O)c1. The fourth-order valence-electron chi connectivity index (χ4n) is 1.29. The van der Waals surface area contributed by atoms with Crippen molar-refractivity contribution >= 4 is 11.9 Å². The summed E-state index contributed by atoms with van der Waals surface area (Å²) in [6, 6.07) is 0.792. The van der Waals surface area contributed by atoms with Crippen molar-refractivity contribution in [1.82, 2.24) is 4.98 Å². The van der Waals surface area contributed by atoms with Crippen LogP contribution >= 0.6 is 0 Å². The molecule has 1 aromatic rings. The third-order valence-electron chi connectivity index (χ3n) is 2.18. The number of carboxylic acids is 2. The second-order valence-electron chi connectivity index (χ2n) is 3.52. The molecule has 7 nitrogen and oxygen atoms in total. The van der Waals surface area contributed by atoms with E-state index in [4.69, 9.17) is 10.2 Å². The zero-order chi connectivity index (χ0) is 13.9. The summed E-state index contributed by atoms with van der Waals surface area (Å²) < 4.78 is 13.0. The second-order valence-corrected chi connectivity index (χ2v) is 3.52. The van der Waals surface area contributed by atoms with Crippen molar-refractivity contribution in [2.75, 3.05) is 0 Å². The van der Waals surface area contributed by atoms with E-state index in [0.29, 0.717) is 0 Å². The number of aromatic nitrogens is 1. The highest BCUT2D eigenvalue weighted by Gasteiger charge is 2.23. The maximum absolute atomic E-state index is 13.0. The number of hydrogen-bond acceptors (Lipinski definition) is 5. The molecule has 1 heterocycles. The maximum Gasteiger partial charge on any atom is 0.340 e. The van der Waals surface area contributed by atoms with Gasteiger partial charge in [0.15, 0.2) is 0 Å². The Labute approximate surface area is 100 Å². The van der Waals surface area contributed by atoms with Crippen LogP contribution in [0.15, 0.2) is 12.3 Å². The van der Waals surface area contributed by atoms with E-state index in [1.54, 1.807) is 0 Å². The summed E-state index contributed by atoms with van der Waals surface area (Å²) in [5, 5.41) is 36.0. The highest BCUT2D eigenvalue weighted by molar-refractivity contribution is 5.87. The lowest BCUT2D eigenvalue weighted by atomic mass is 10.0. The fourth-order valence-corrected chi connectivity index (χ4v) is 1.29. The standard InChI is InChI=1S/C10H10FNO6/c11-9-5(10(17)18)1-4(3-12-9)8(16)6(13)2-7(14)15/h1,3,6,8,13,16H,2H2,(H,14,15)(H,17,18). The van der Waals surface area contributed by atoms with Crippen molar-refractivity contribution in [2.24, 2.45) is 0 Å². The molecule has 8 heteroatoms. The highest BCUT2D eigenvalue weighted by Crippen LogP contribution is 2.20. The van der Waals surface area contributed by atoms with Crippen LogP contribution in [-0.4, -0.2) is 43.5 Å². The van der Waals surface area contributed by atoms with Crippen LogP contribution in [-0.2, 0) is 4.79 Å². The van der Waals surface area contributed by atoms with Crippen LogP contribution in [0.5, 0.6) is 0 Å². The zero-order valence-corrected chi connectivity index (χ0v) is 8.95. The van der Waals surface area contributed by atoms with E-state index < -0.39 is 42.1 Å². The van der Waals surface area contributed by atoms with Gasteiger partial charge in [-0.1, -0.05) is 0 Å². The van der Waals surface area contributed by atoms with Crippen LogP contribution in [0, 0.1) is 5.95 Å². The van der Waals surface area contributed by atoms with Gasteiger partial charge in [-0.15, -0.1) is 0 Å². The molecule has 0 fully saturated rings. The molecule has 0 spiro atoms. The normalized spacial score (nSPS) is 13.9. The first-order valence-corrected chi connectivity index (χ1v) is 4.79. The predicted octanol–water partition coefficient (Wildman–Crippen LogP) is -0.212. The number of aliphatic carboxylic acids is 1. The lowest BCUT2D eigenvalue weighted by Gasteiger charge is -2.16. The second kappa shape index (κ2) is 5.52. The molecule has 0 aliphatic heterocycles. The predicted molar refractivity (Wildman–Crippen MR) is 54.4 cm³/mol. The number of pyridine rings is 1. The summed E-state index contributed by atoms with van der Waals surface area (Å²) in [5.41, 5.74) is -0.948. The molecule has 0 saturated heterocycles. The molecule has 4 N–H and O–H groups in total. The average Bonchev–Trinajstić information content (AvgIpc) is 2.27. The maximum atomic E-state index is 13.0. The summed E-state index contributed by atoms with van der Waals surface area (Å²) in [6.45, 7) is 0. The summed E-state index contributed by atoms with van der Waals surface area (Å²) in [5.74, 6) is -4.15. The average molecular weight is 259 g/mol. The highest BCUT2D eigenvalue weighted by atomic mass is 19.1. The Morgan fingerprint density at radius 2 is 1.94 bits per heavy atom. The lowest BCUT2D eigenvalue weighted by molar-refractivity contribution is -0.141. The number of hydrogen-bond donors (Lipinski definition) is 4. The molecule has 18 heavy (non-hydrogen) atoms. The van der Waals surface area contributed by atoms with E-state index in [1.807, 2.05) is 0 Å². The number of carbonyl (C=O) groups is 2. The molecule has 0 aromatic carbocycles. The van der Waals surface area contributed by atoms with E-state index in [1.165, 1.54) is 0 Å². The number of halogens is 1. The summed E-state index contributed by atoms with van der Waals surface area (Å²) >= 11 is 0. The third-order valence-corrected chi connectivity index (χ3v) is 2.18. The molecular formula is C10H10FNO6. The Balaban J connectivity index is 2.99. The Hall–Kier alpha value is -2.06. The molecule has 2 unspecified atom stereocenters. The molecular weight excluding hydrogens is 249 g/mol. The molecule has 0 radical (unpaired) electrons. The minimum absolute atomic E-state index is 0.178. The lowest BCUT2D eigenvalue weighted by Crippen LogP contribution is -2.22. The van der Waals surface area contributed by atoms with Gasteiger partial charge >= 0.3 is 11.9 Å². The molecule has 0 bridgehead atoms. The summed E-state index contributed by atoms with van der Waals surface area (Å²) in [4.78, 5) is 24.1. The van der Waals surface area contributed by atoms with Gasteiger partial charge in [0.05, 0.1) is 12.5 Å². The van der Waals surface area contributed by atoms with E-state index in [9.17, 15) is 24.2 Å². The molecule has 1 aromatic heterocycles. The van der Waals surface area contributed by atoms with Crippen LogP contribution < -0.4 is 0 Å². The van der Waals surface area contributed by atoms with Gasteiger partial charge in [-0.2, -0.15) is 4.39 Å². The van der Waals surface area contributed by atoms with Crippen molar-refractivity contribution in [1.29, 1.82) is 0 Å². The van der Waals surface area contributed by atoms with E-state index in [2.05, 4.69) is 4.98 Å². The number of aromatic carboxylic acids is 1. The number of rotatable bonds is 5. The minimum atomic E-state index is -1.66. The Kier molecular flexibility index (Phi) is 4.29. The molecule has 1 rings (SSSR count). The van der Waals surface area contributed by atoms with Crippen molar-refractivity contribution in [2.45, 2.75) is 18.6 Å². The molecule has 0 aliphatic rings. The smallest absolute Gasteiger partial charge is 0.340 e. The monoisotopic (exact) mass is 259 g/mol. The van der Waals surface area contributed by atoms with E-state index in [-0.39, 0.29) is 5.56 Å². The largest absolute Gasteiger partial charge is 0.481 e. The van der Waals surface area contributed by atoms with Gasteiger partial charge in [0, 0.05) is 11.8 Å². The number of carboxylic acid groups (broad SMARTS) is 2. The van der Waals surface area contributed by atoms with E-state index in [0.717, 1.165) is 12.3 Å². The topological polar surface area (TPSA) is 128 Å². The Morgan fingerprint density at radius 3 is 2.44 bits per heavy atom. The Bertz CT molecular complexity index is 477. The quantitative estimate of drug-likeness (QED) is 0.538. The summed E-state index contributed by atoms with van der Waals surface area (Å²) in [7, 11) is 0. The first kappa shape index (κ1) is 14.0. The number of aliphatic hydroxyl groups excluding tert-OH is 2. The zero-order valence-electron chi connectivity index (χ0n) is 8.95. The van der Waals surface area contributed by atoms with E-state index >= 15 is 0 Å². The van der Waals surface area contributed by atoms with Crippen LogP contribution in [0.3, 0.4) is 0 Å². The first-order valence-electron chi connectivity index (χ1n) is 4.79. The molecule has 98 valence electrons. The van der Waals surface area contributed by atoms with Gasteiger partial charge in [0.1, 0.15) is 11.7 Å². The third kappa shape index (κ3) is 3.22. The Morgan fingerprint density at radius 1 is 1.33 bits per heavy atom. The van der Waals surface area contributed by atoms with Gasteiger partial charge in [0.2, 0.25) is 5.95 Å². The van der Waals surface area contributed by atoms with Crippen molar-refractivity contribution < 1.29 is 34.4 Å². The van der Waals surface area contributed by atoms with Gasteiger partial charge in [-0.3, -0.25) is 4.79 Å². The van der Waals surface area contributed by atoms with Crippen LogP contribution in [0.2, 0.25) is 0 Å². The van der Waals surface area contributed by atoms with Crippen molar-refractivity contribution in [3.8, 4) is 0 Å². The molecule has 0 saturated carbocycles. The molecule has 0 aliphatic carbocycles. The van der Waals surface area contributed by atoms with Crippen LogP contribution in [0.1, 0.15) is 28.4 Å². The first-order chi connectivity index (χ1) is 8.32. The van der Waals surface area contributed by atoms with Gasteiger partial charge in [-0.25, -0.2) is 9.78 Å². The van der Waals surface area contributed by atoms with Gasteiger partial charge < -0.3 is 20.4 Å².